The van der Waals surface area contributed by atoms with Crippen molar-refractivity contribution in [2.75, 3.05) is 0 Å². The molecule has 10 heteroatoms. The maximum atomic E-state index is 12.5. The maximum Gasteiger partial charge on any atom is 0.326 e. The van der Waals surface area contributed by atoms with E-state index in [9.17, 15) is 45.3 Å². The molecule has 2 rings (SSSR count). The molecule has 0 spiro atoms. The van der Waals surface area contributed by atoms with E-state index in [1.165, 1.54) is 0 Å². The lowest BCUT2D eigenvalue weighted by atomic mass is 9.73. The molecule has 1 aromatic carbocycles. The topological polar surface area (TPSA) is 188 Å². The van der Waals surface area contributed by atoms with Crippen LogP contribution < -0.4 is 5.32 Å². The van der Waals surface area contributed by atoms with Crippen LogP contribution in [-0.4, -0.2) is 65.6 Å². The van der Waals surface area contributed by atoms with Crippen LogP contribution in [0.1, 0.15) is 31.2 Å². The van der Waals surface area contributed by atoms with Gasteiger partial charge >= 0.3 is 5.97 Å². The van der Waals surface area contributed by atoms with Gasteiger partial charge < -0.3 is 41.1 Å². The average Bonchev–Trinajstić information content (AvgIpc) is 2.60. The van der Waals surface area contributed by atoms with Gasteiger partial charge in [-0.3, -0.25) is 4.79 Å². The normalized spacial score (nSPS) is 21.6. The fourth-order valence-electron chi connectivity index (χ4n) is 3.95. The van der Waals surface area contributed by atoms with E-state index in [4.69, 9.17) is 0 Å². The second-order valence-corrected chi connectivity index (χ2v) is 7.55. The Morgan fingerprint density at radius 1 is 0.931 bits per heavy atom. The number of carboxylic acids is 1. The Morgan fingerprint density at radius 2 is 1.45 bits per heavy atom. The highest BCUT2D eigenvalue weighted by Crippen LogP contribution is 2.40. The van der Waals surface area contributed by atoms with Crippen LogP contribution in [0.4, 0.5) is 0 Å². The lowest BCUT2D eigenvalue weighted by molar-refractivity contribution is -0.449. The highest BCUT2D eigenvalue weighted by atomic mass is 16.7. The van der Waals surface area contributed by atoms with Crippen LogP contribution in [0, 0.1) is 17.8 Å². The quantitative estimate of drug-likeness (QED) is 0.234. The molecule has 1 amide bonds. The molecule has 8 N–H and O–H groups in total. The first kappa shape index (κ1) is 23.2. The largest absolute Gasteiger partial charge is 0.480 e. The number of aliphatic carboxylic acids is 1. The van der Waals surface area contributed by atoms with Gasteiger partial charge in [0.1, 0.15) is 12.0 Å². The Bertz CT molecular complexity index is 674. The lowest BCUT2D eigenvalue weighted by Crippen LogP contribution is -2.56. The standard InChI is InChI=1S/C19H27NO9/c21-16(20-14(17(22)23)10-11-4-2-1-3-5-11)13-8-6-12(7-9-13)15(18(24,25)26)19(27,28)29/h1-5,12-15,24-29H,6-10H2,(H,20,21)(H,22,23). The molecular weight excluding hydrogens is 386 g/mol. The second-order valence-electron chi connectivity index (χ2n) is 7.55. The third-order valence-electron chi connectivity index (χ3n) is 5.35. The molecule has 1 saturated carbocycles. The molecule has 0 aromatic heterocycles. The number of hydrogen-bond acceptors (Lipinski definition) is 8. The zero-order valence-electron chi connectivity index (χ0n) is 15.7. The summed E-state index contributed by atoms with van der Waals surface area (Å²) in [7, 11) is 0. The first-order valence-electron chi connectivity index (χ1n) is 9.31. The minimum atomic E-state index is -3.53. The summed E-state index contributed by atoms with van der Waals surface area (Å²) in [4.78, 5) is 24.0. The number of aliphatic hydroxyl groups is 6. The van der Waals surface area contributed by atoms with Crippen molar-refractivity contribution in [3.8, 4) is 0 Å². The molecule has 1 atom stereocenters. The van der Waals surface area contributed by atoms with E-state index < -0.39 is 47.6 Å². The van der Waals surface area contributed by atoms with Gasteiger partial charge in [0.2, 0.25) is 5.91 Å². The first-order valence-corrected chi connectivity index (χ1v) is 9.31. The number of rotatable bonds is 8. The Kier molecular flexibility index (Phi) is 7.33. The molecule has 0 radical (unpaired) electrons. The fraction of sp³-hybridized carbons (Fsp3) is 0.579. The van der Waals surface area contributed by atoms with E-state index in [0.717, 1.165) is 5.56 Å². The molecule has 0 heterocycles. The molecule has 0 aliphatic heterocycles. The zero-order valence-corrected chi connectivity index (χ0v) is 15.7. The Morgan fingerprint density at radius 3 is 1.90 bits per heavy atom. The lowest BCUT2D eigenvalue weighted by Gasteiger charge is -2.40. The van der Waals surface area contributed by atoms with E-state index >= 15 is 0 Å². The predicted molar refractivity (Wildman–Crippen MR) is 97.4 cm³/mol. The summed E-state index contributed by atoms with van der Waals surface area (Å²) in [5, 5.41) is 68.0. The minimum absolute atomic E-state index is 0.0754. The number of carbonyl (C=O) groups excluding carboxylic acids is 1. The fourth-order valence-corrected chi connectivity index (χ4v) is 3.95. The summed E-state index contributed by atoms with van der Waals surface area (Å²) in [6.07, 6.45) is 0.620. The van der Waals surface area contributed by atoms with Crippen molar-refractivity contribution in [3.05, 3.63) is 35.9 Å². The SMILES string of the molecule is O=C(NC(Cc1ccccc1)C(=O)O)C1CCC(C(C(O)(O)O)C(O)(O)O)CC1. The van der Waals surface area contributed by atoms with Crippen molar-refractivity contribution in [3.63, 3.8) is 0 Å². The van der Waals surface area contributed by atoms with Gasteiger partial charge in [-0.1, -0.05) is 30.3 Å². The summed E-state index contributed by atoms with van der Waals surface area (Å²) < 4.78 is 0. The van der Waals surface area contributed by atoms with Crippen molar-refractivity contribution >= 4 is 11.9 Å². The molecule has 10 nitrogen and oxygen atoms in total. The zero-order chi connectivity index (χ0) is 21.8. The summed E-state index contributed by atoms with van der Waals surface area (Å²) in [6.45, 7) is 0. The van der Waals surface area contributed by atoms with Crippen molar-refractivity contribution in [1.82, 2.24) is 5.32 Å². The van der Waals surface area contributed by atoms with Gasteiger partial charge in [0.25, 0.3) is 11.9 Å². The van der Waals surface area contributed by atoms with Gasteiger partial charge in [-0.25, -0.2) is 4.79 Å². The summed E-state index contributed by atoms with van der Waals surface area (Å²) >= 11 is 0. The number of amides is 1. The van der Waals surface area contributed by atoms with Crippen LogP contribution in [0.3, 0.4) is 0 Å². The Labute approximate surface area is 167 Å². The number of benzene rings is 1. The van der Waals surface area contributed by atoms with Crippen LogP contribution in [0.15, 0.2) is 30.3 Å². The predicted octanol–water partition coefficient (Wildman–Crippen LogP) is -1.52. The second kappa shape index (κ2) is 9.16. The molecule has 1 aromatic rings. The molecule has 162 valence electrons. The van der Waals surface area contributed by atoms with Gasteiger partial charge in [0, 0.05) is 12.3 Å². The average molecular weight is 413 g/mol. The van der Waals surface area contributed by atoms with E-state index in [1.807, 2.05) is 0 Å². The van der Waals surface area contributed by atoms with Crippen LogP contribution in [0.25, 0.3) is 0 Å². The molecule has 0 saturated heterocycles. The number of carboxylic acid groups (broad SMARTS) is 1. The smallest absolute Gasteiger partial charge is 0.326 e. The summed E-state index contributed by atoms with van der Waals surface area (Å²) in [5.41, 5.74) is 0.752. The van der Waals surface area contributed by atoms with Crippen LogP contribution >= 0.6 is 0 Å². The Hall–Kier alpha value is -2.08. The van der Waals surface area contributed by atoms with E-state index in [2.05, 4.69) is 5.32 Å². The van der Waals surface area contributed by atoms with Crippen LogP contribution in [0.5, 0.6) is 0 Å². The third kappa shape index (κ3) is 6.46. The molecule has 1 unspecified atom stereocenters. The van der Waals surface area contributed by atoms with Crippen LogP contribution in [0.2, 0.25) is 0 Å². The van der Waals surface area contributed by atoms with Crippen molar-refractivity contribution in [2.45, 2.75) is 50.1 Å². The van der Waals surface area contributed by atoms with E-state index in [1.54, 1.807) is 30.3 Å². The van der Waals surface area contributed by atoms with Crippen molar-refractivity contribution < 1.29 is 45.3 Å². The van der Waals surface area contributed by atoms with Gasteiger partial charge in [-0.15, -0.1) is 0 Å². The number of hydrogen-bond donors (Lipinski definition) is 8. The van der Waals surface area contributed by atoms with Crippen LogP contribution in [-0.2, 0) is 16.0 Å². The van der Waals surface area contributed by atoms with Gasteiger partial charge in [-0.2, -0.15) is 0 Å². The van der Waals surface area contributed by atoms with Gasteiger partial charge in [-0.05, 0) is 37.2 Å². The first-order chi connectivity index (χ1) is 13.4. The maximum absolute atomic E-state index is 12.5. The van der Waals surface area contributed by atoms with Gasteiger partial charge in [0.05, 0.1) is 0 Å². The molecule has 0 bridgehead atoms. The number of nitrogens with one attached hydrogen (secondary N) is 1. The highest BCUT2D eigenvalue weighted by Gasteiger charge is 2.52. The monoisotopic (exact) mass is 413 g/mol. The summed E-state index contributed by atoms with van der Waals surface area (Å²) in [5.74, 6) is -12.2. The van der Waals surface area contributed by atoms with Crippen molar-refractivity contribution in [2.24, 2.45) is 17.8 Å². The summed E-state index contributed by atoms with van der Waals surface area (Å²) in [6, 6.07) is 7.72. The molecular formula is C19H27NO9. The molecule has 1 fully saturated rings. The highest BCUT2D eigenvalue weighted by molar-refractivity contribution is 5.85. The third-order valence-corrected chi connectivity index (χ3v) is 5.35. The Balaban J connectivity index is 1.97. The van der Waals surface area contributed by atoms with E-state index in [0.29, 0.717) is 0 Å². The molecule has 29 heavy (non-hydrogen) atoms. The molecule has 1 aliphatic rings. The molecule has 1 aliphatic carbocycles. The van der Waals surface area contributed by atoms with E-state index in [-0.39, 0.29) is 32.1 Å². The van der Waals surface area contributed by atoms with Gasteiger partial charge in [0.15, 0.2) is 0 Å². The minimum Gasteiger partial charge on any atom is -0.480 e. The van der Waals surface area contributed by atoms with Crippen molar-refractivity contribution in [1.29, 1.82) is 0 Å². The number of carbonyl (C=O) groups is 2.